The van der Waals surface area contributed by atoms with Crippen LogP contribution in [-0.4, -0.2) is 34.0 Å². The van der Waals surface area contributed by atoms with Crippen molar-refractivity contribution >= 4 is 28.8 Å². The number of aryl methyl sites for hydroxylation is 1. The van der Waals surface area contributed by atoms with Crippen LogP contribution in [0.3, 0.4) is 0 Å². The molecule has 0 fully saturated rings. The Morgan fingerprint density at radius 2 is 2.03 bits per heavy atom. The highest BCUT2D eigenvalue weighted by Gasteiger charge is 2.19. The normalized spacial score (nSPS) is 11.6. The SMILES string of the molecule is Cc1cnc2ccc(-c3c(Cl)nc(N)n4nc(Cc5ncccc5F)nc34)cn12. The number of halogens is 2. The largest absolute Gasteiger partial charge is 0.368 e. The number of aromatic nitrogens is 7. The molecule has 144 valence electrons. The summed E-state index contributed by atoms with van der Waals surface area (Å²) in [5, 5.41) is 4.58. The monoisotopic (exact) mass is 408 g/mol. The Labute approximate surface area is 168 Å². The maximum Gasteiger partial charge on any atom is 0.224 e. The number of rotatable bonds is 3. The van der Waals surface area contributed by atoms with Gasteiger partial charge in [-0.15, -0.1) is 5.10 Å². The smallest absolute Gasteiger partial charge is 0.224 e. The summed E-state index contributed by atoms with van der Waals surface area (Å²) < 4.78 is 17.3. The van der Waals surface area contributed by atoms with E-state index >= 15 is 0 Å². The lowest BCUT2D eigenvalue weighted by Gasteiger charge is -2.08. The second kappa shape index (κ2) is 6.49. The summed E-state index contributed by atoms with van der Waals surface area (Å²) in [7, 11) is 0. The number of imidazole rings is 1. The summed E-state index contributed by atoms with van der Waals surface area (Å²) in [5.41, 5.74) is 9.84. The number of nitrogens with zero attached hydrogens (tertiary/aromatic N) is 7. The zero-order valence-electron chi connectivity index (χ0n) is 15.2. The van der Waals surface area contributed by atoms with Crippen molar-refractivity contribution in [2.75, 3.05) is 5.73 Å². The second-order valence-corrected chi connectivity index (χ2v) is 6.91. The fraction of sp³-hybridized carbons (Fsp3) is 0.105. The van der Waals surface area contributed by atoms with Crippen LogP contribution < -0.4 is 5.73 Å². The molecule has 0 saturated carbocycles. The quantitative estimate of drug-likeness (QED) is 0.460. The Bertz CT molecular complexity index is 1390. The number of hydrogen-bond donors (Lipinski definition) is 1. The van der Waals surface area contributed by atoms with Gasteiger partial charge in [0.1, 0.15) is 16.6 Å². The van der Waals surface area contributed by atoms with Gasteiger partial charge in [-0.1, -0.05) is 11.6 Å². The number of nitrogen functional groups attached to an aromatic ring is 1. The number of fused-ring (bicyclic) bond motifs is 2. The Kier molecular flexibility index (Phi) is 3.92. The van der Waals surface area contributed by atoms with Crippen molar-refractivity contribution in [3.05, 3.63) is 71.0 Å². The summed E-state index contributed by atoms with van der Waals surface area (Å²) in [5.74, 6) is 0.0325. The highest BCUT2D eigenvalue weighted by atomic mass is 35.5. The maximum absolute atomic E-state index is 14.0. The third-order valence-corrected chi connectivity index (χ3v) is 4.92. The average molecular weight is 409 g/mol. The molecule has 0 bridgehead atoms. The zero-order valence-corrected chi connectivity index (χ0v) is 16.0. The number of anilines is 1. The third kappa shape index (κ3) is 2.87. The summed E-state index contributed by atoms with van der Waals surface area (Å²) in [4.78, 5) is 17.1. The fourth-order valence-electron chi connectivity index (χ4n) is 3.24. The van der Waals surface area contributed by atoms with Gasteiger partial charge in [0.05, 0.1) is 17.7 Å². The molecule has 5 aromatic rings. The average Bonchev–Trinajstić information content (AvgIpc) is 3.28. The zero-order chi connectivity index (χ0) is 20.1. The van der Waals surface area contributed by atoms with E-state index in [9.17, 15) is 4.39 Å². The van der Waals surface area contributed by atoms with Gasteiger partial charge in [-0.05, 0) is 31.2 Å². The standard InChI is InChI=1S/C19H14ClFN8/c1-10-8-24-15-5-4-11(9-28(10)15)16-17(20)26-19(22)29-18(16)25-14(27-29)7-13-12(21)3-2-6-23-13/h2-6,8-9H,7H2,1H3,(H2,22,26). The van der Waals surface area contributed by atoms with E-state index in [0.717, 1.165) is 16.9 Å². The Balaban J connectivity index is 1.69. The Morgan fingerprint density at radius 1 is 1.17 bits per heavy atom. The molecular formula is C19H14ClFN8. The molecule has 0 amide bonds. The van der Waals surface area contributed by atoms with Crippen molar-refractivity contribution in [1.29, 1.82) is 0 Å². The van der Waals surface area contributed by atoms with E-state index in [0.29, 0.717) is 17.0 Å². The Morgan fingerprint density at radius 3 is 2.86 bits per heavy atom. The van der Waals surface area contributed by atoms with Gasteiger partial charge in [0, 0.05) is 29.8 Å². The van der Waals surface area contributed by atoms with Crippen LogP contribution >= 0.6 is 11.6 Å². The summed E-state index contributed by atoms with van der Waals surface area (Å²) >= 11 is 6.43. The van der Waals surface area contributed by atoms with E-state index in [1.807, 2.05) is 29.7 Å². The molecule has 0 spiro atoms. The molecular weight excluding hydrogens is 395 g/mol. The number of hydrogen-bond acceptors (Lipinski definition) is 6. The van der Waals surface area contributed by atoms with Gasteiger partial charge in [-0.25, -0.2) is 19.3 Å². The first-order valence-corrected chi connectivity index (χ1v) is 9.13. The van der Waals surface area contributed by atoms with E-state index < -0.39 is 5.82 Å². The lowest BCUT2D eigenvalue weighted by atomic mass is 10.1. The first-order valence-electron chi connectivity index (χ1n) is 8.75. The van der Waals surface area contributed by atoms with Crippen LogP contribution in [0.5, 0.6) is 0 Å². The van der Waals surface area contributed by atoms with Gasteiger partial charge in [0.2, 0.25) is 5.95 Å². The molecule has 5 rings (SSSR count). The molecule has 0 aromatic carbocycles. The molecule has 8 nitrogen and oxygen atoms in total. The van der Waals surface area contributed by atoms with Gasteiger partial charge >= 0.3 is 0 Å². The topological polar surface area (TPSA) is 99.3 Å². The summed E-state index contributed by atoms with van der Waals surface area (Å²) in [6, 6.07) is 6.64. The first kappa shape index (κ1) is 17.5. The summed E-state index contributed by atoms with van der Waals surface area (Å²) in [6.07, 6.45) is 5.33. The molecule has 2 N–H and O–H groups in total. The van der Waals surface area contributed by atoms with Crippen LogP contribution in [0, 0.1) is 12.7 Å². The minimum absolute atomic E-state index is 0.0916. The lowest BCUT2D eigenvalue weighted by Crippen LogP contribution is -2.04. The highest BCUT2D eigenvalue weighted by Crippen LogP contribution is 2.32. The van der Waals surface area contributed by atoms with Gasteiger partial charge in [0.25, 0.3) is 0 Å². The van der Waals surface area contributed by atoms with Crippen LogP contribution in [0.2, 0.25) is 5.15 Å². The lowest BCUT2D eigenvalue weighted by molar-refractivity contribution is 0.601. The maximum atomic E-state index is 14.0. The molecule has 0 aliphatic carbocycles. The van der Waals surface area contributed by atoms with Crippen LogP contribution in [-0.2, 0) is 6.42 Å². The van der Waals surface area contributed by atoms with Gasteiger partial charge < -0.3 is 10.1 Å². The van der Waals surface area contributed by atoms with E-state index in [1.54, 1.807) is 6.20 Å². The van der Waals surface area contributed by atoms with E-state index in [2.05, 4.69) is 25.0 Å². The van der Waals surface area contributed by atoms with Gasteiger partial charge in [0.15, 0.2) is 11.5 Å². The molecule has 0 aliphatic heterocycles. The van der Waals surface area contributed by atoms with Crippen LogP contribution in [0.4, 0.5) is 10.3 Å². The molecule has 0 aliphatic rings. The predicted molar refractivity (Wildman–Crippen MR) is 106 cm³/mol. The molecule has 0 unspecified atom stereocenters. The van der Waals surface area contributed by atoms with Crippen molar-refractivity contribution < 1.29 is 4.39 Å². The van der Waals surface area contributed by atoms with Gasteiger partial charge in [-0.3, -0.25) is 4.98 Å². The Hall–Kier alpha value is -3.59. The van der Waals surface area contributed by atoms with Crippen molar-refractivity contribution in [3.8, 4) is 11.1 Å². The first-order chi connectivity index (χ1) is 14.0. The predicted octanol–water partition coefficient (Wildman–Crippen LogP) is 3.11. The highest BCUT2D eigenvalue weighted by molar-refractivity contribution is 6.33. The van der Waals surface area contributed by atoms with E-state index in [1.165, 1.54) is 22.8 Å². The van der Waals surface area contributed by atoms with Crippen LogP contribution in [0.15, 0.2) is 42.9 Å². The molecule has 29 heavy (non-hydrogen) atoms. The van der Waals surface area contributed by atoms with Crippen molar-refractivity contribution in [2.24, 2.45) is 0 Å². The molecule has 10 heteroatoms. The number of pyridine rings is 2. The van der Waals surface area contributed by atoms with Crippen molar-refractivity contribution in [3.63, 3.8) is 0 Å². The molecule has 0 atom stereocenters. The number of nitrogens with two attached hydrogens (primary N) is 1. The van der Waals surface area contributed by atoms with Crippen molar-refractivity contribution in [1.82, 2.24) is 34.0 Å². The third-order valence-electron chi connectivity index (χ3n) is 4.65. The van der Waals surface area contributed by atoms with E-state index in [4.69, 9.17) is 17.3 Å². The molecule has 5 aromatic heterocycles. The molecule has 0 radical (unpaired) electrons. The minimum Gasteiger partial charge on any atom is -0.368 e. The summed E-state index contributed by atoms with van der Waals surface area (Å²) in [6.45, 7) is 1.96. The van der Waals surface area contributed by atoms with E-state index in [-0.39, 0.29) is 23.2 Å². The second-order valence-electron chi connectivity index (χ2n) is 6.55. The fourth-order valence-corrected chi connectivity index (χ4v) is 3.52. The molecule has 0 saturated heterocycles. The molecule has 5 heterocycles. The van der Waals surface area contributed by atoms with Crippen LogP contribution in [0.1, 0.15) is 17.2 Å². The van der Waals surface area contributed by atoms with Gasteiger partial charge in [-0.2, -0.15) is 4.52 Å². The van der Waals surface area contributed by atoms with Crippen molar-refractivity contribution in [2.45, 2.75) is 13.3 Å². The minimum atomic E-state index is -0.420. The van der Waals surface area contributed by atoms with Crippen LogP contribution in [0.25, 0.3) is 22.4 Å².